The van der Waals surface area contributed by atoms with E-state index in [1.807, 2.05) is 30.3 Å². The zero-order valence-electron chi connectivity index (χ0n) is 29.6. The first-order valence-electron chi connectivity index (χ1n) is 16.1. The quantitative estimate of drug-likeness (QED) is 0.140. The highest BCUT2D eigenvalue weighted by atomic mass is 35.5. The Balaban J connectivity index is 1.90. The smallest absolute Gasteiger partial charge is 0.407 e. The van der Waals surface area contributed by atoms with Crippen LogP contribution in [0.4, 0.5) is 10.5 Å². The predicted octanol–water partition coefficient (Wildman–Crippen LogP) is 9.42. The summed E-state index contributed by atoms with van der Waals surface area (Å²) in [4.78, 5) is 39.7. The van der Waals surface area contributed by atoms with Crippen LogP contribution in [0.5, 0.6) is 17.2 Å². The second-order valence-corrected chi connectivity index (χ2v) is 19.2. The number of anilines is 1. The summed E-state index contributed by atoms with van der Waals surface area (Å²) in [7, 11) is -2.03. The summed E-state index contributed by atoms with van der Waals surface area (Å²) in [5.74, 6) is 0.881. The van der Waals surface area contributed by atoms with Crippen molar-refractivity contribution in [2.24, 2.45) is 0 Å². The number of halogens is 1. The summed E-state index contributed by atoms with van der Waals surface area (Å²) in [5, 5.41) is 3.22. The van der Waals surface area contributed by atoms with Crippen molar-refractivity contribution < 1.29 is 33.0 Å². The molecule has 0 aliphatic rings. The van der Waals surface area contributed by atoms with Crippen LogP contribution >= 0.6 is 11.6 Å². The number of nitrogens with zero attached hydrogens (tertiary/aromatic N) is 1. The molecule has 0 aliphatic carbocycles. The Morgan fingerprint density at radius 2 is 1.54 bits per heavy atom. The third-order valence-corrected chi connectivity index (χ3v) is 12.4. The number of ether oxygens (including phenoxy) is 3. The molecule has 0 heterocycles. The van der Waals surface area contributed by atoms with E-state index < -0.39 is 26.0 Å². The van der Waals surface area contributed by atoms with E-state index in [-0.39, 0.29) is 43.5 Å². The van der Waals surface area contributed by atoms with E-state index in [2.05, 4.69) is 39.2 Å². The van der Waals surface area contributed by atoms with Crippen molar-refractivity contribution in [3.05, 3.63) is 82.9 Å². The lowest BCUT2D eigenvalue weighted by atomic mass is 10.1. The van der Waals surface area contributed by atoms with Gasteiger partial charge in [-0.25, -0.2) is 4.79 Å². The average Bonchev–Trinajstić information content (AvgIpc) is 2.98. The Labute approximate surface area is 291 Å². The average molecular weight is 697 g/mol. The SMILES string of the molecule is CCOC(=O)CCC(=O)N(Cc1ccc(O[Si](C)(C)C(C)(C)C)cc1)c1ccc(Cl)cc1Oc1cccc(CNC(=O)OC(C)(C)C)c1. The van der Waals surface area contributed by atoms with Gasteiger partial charge in [-0.2, -0.15) is 0 Å². The number of rotatable bonds is 13. The summed E-state index contributed by atoms with van der Waals surface area (Å²) >= 11 is 6.42. The van der Waals surface area contributed by atoms with Gasteiger partial charge in [-0.05, 0) is 93.4 Å². The minimum atomic E-state index is -2.03. The Morgan fingerprint density at radius 3 is 2.17 bits per heavy atom. The highest BCUT2D eigenvalue weighted by Crippen LogP contribution is 2.38. The maximum absolute atomic E-state index is 13.8. The van der Waals surface area contributed by atoms with Gasteiger partial charge in [0.2, 0.25) is 14.2 Å². The number of nitrogens with one attached hydrogen (secondary N) is 1. The van der Waals surface area contributed by atoms with Crippen molar-refractivity contribution in [3.8, 4) is 17.2 Å². The molecule has 0 bridgehead atoms. The Bertz CT molecular complexity index is 1560. The first kappa shape index (κ1) is 38.4. The number of amides is 2. The lowest BCUT2D eigenvalue weighted by Gasteiger charge is -2.36. The van der Waals surface area contributed by atoms with Crippen LogP contribution in [0.1, 0.15) is 72.4 Å². The van der Waals surface area contributed by atoms with Crippen LogP contribution in [0.3, 0.4) is 0 Å². The summed E-state index contributed by atoms with van der Waals surface area (Å²) < 4.78 is 23.2. The largest absolute Gasteiger partial charge is 0.544 e. The Morgan fingerprint density at radius 1 is 0.854 bits per heavy atom. The molecule has 0 radical (unpaired) electrons. The normalized spacial score (nSPS) is 11.8. The molecule has 0 aromatic heterocycles. The molecule has 0 spiro atoms. The standard InChI is InChI=1S/C37H49ClN2O7Si/c1-10-44-34(42)21-20-33(41)40(25-26-14-17-29(18-15-26)47-48(8,9)37(5,6)7)31-19-16-28(38)23-32(31)45-30-13-11-12-27(22-30)24-39-35(43)46-36(2,3)4/h11-19,22-23H,10,20-21,24-25H2,1-9H3,(H,39,43). The van der Waals surface area contributed by atoms with E-state index in [0.717, 1.165) is 16.9 Å². The highest BCUT2D eigenvalue weighted by molar-refractivity contribution is 6.74. The molecule has 1 N–H and O–H groups in total. The molecule has 48 heavy (non-hydrogen) atoms. The van der Waals surface area contributed by atoms with Crippen molar-refractivity contribution in [3.63, 3.8) is 0 Å². The molecule has 0 unspecified atom stereocenters. The fourth-order valence-corrected chi connectivity index (χ4v) is 5.50. The van der Waals surface area contributed by atoms with Crippen molar-refractivity contribution >= 4 is 43.6 Å². The Kier molecular flexibility index (Phi) is 13.1. The van der Waals surface area contributed by atoms with E-state index in [1.54, 1.807) is 69.0 Å². The van der Waals surface area contributed by atoms with Gasteiger partial charge in [0, 0.05) is 24.1 Å². The van der Waals surface area contributed by atoms with E-state index in [4.69, 9.17) is 30.2 Å². The van der Waals surface area contributed by atoms with Gasteiger partial charge in [-0.1, -0.05) is 56.6 Å². The molecule has 0 fully saturated rings. The number of esters is 1. The molecule has 9 nitrogen and oxygen atoms in total. The molecule has 2 amide bonds. The molecule has 3 rings (SSSR count). The van der Waals surface area contributed by atoms with Gasteiger partial charge in [-0.15, -0.1) is 0 Å². The molecule has 3 aromatic carbocycles. The number of carbonyl (C=O) groups is 3. The maximum Gasteiger partial charge on any atom is 0.407 e. The van der Waals surface area contributed by atoms with Crippen LogP contribution in [0.25, 0.3) is 0 Å². The van der Waals surface area contributed by atoms with Crippen molar-refractivity contribution in [2.75, 3.05) is 11.5 Å². The number of hydrogen-bond acceptors (Lipinski definition) is 7. The maximum atomic E-state index is 13.8. The molecule has 0 aliphatic heterocycles. The van der Waals surface area contributed by atoms with Crippen LogP contribution in [0, 0.1) is 0 Å². The van der Waals surface area contributed by atoms with Crippen LogP contribution in [0.15, 0.2) is 66.7 Å². The molecular formula is C37H49ClN2O7Si. The summed E-state index contributed by atoms with van der Waals surface area (Å²) in [6, 6.07) is 20.0. The molecule has 0 atom stereocenters. The third-order valence-electron chi connectivity index (χ3n) is 7.77. The van der Waals surface area contributed by atoms with Crippen LogP contribution in [-0.4, -0.2) is 38.5 Å². The van der Waals surface area contributed by atoms with Gasteiger partial charge >= 0.3 is 12.1 Å². The first-order chi connectivity index (χ1) is 22.4. The monoisotopic (exact) mass is 696 g/mol. The van der Waals surface area contributed by atoms with Crippen LogP contribution in [0.2, 0.25) is 23.2 Å². The van der Waals surface area contributed by atoms with E-state index in [1.165, 1.54) is 0 Å². The lowest BCUT2D eigenvalue weighted by molar-refractivity contribution is -0.144. The molecule has 260 valence electrons. The summed E-state index contributed by atoms with van der Waals surface area (Å²) in [6.07, 6.45) is -0.638. The van der Waals surface area contributed by atoms with E-state index >= 15 is 0 Å². The van der Waals surface area contributed by atoms with Crippen molar-refractivity contribution in [1.29, 1.82) is 0 Å². The van der Waals surface area contributed by atoms with Crippen molar-refractivity contribution in [1.82, 2.24) is 5.32 Å². The van der Waals surface area contributed by atoms with E-state index in [9.17, 15) is 14.4 Å². The number of benzene rings is 3. The van der Waals surface area contributed by atoms with Gasteiger partial charge in [0.1, 0.15) is 17.1 Å². The second kappa shape index (κ2) is 16.4. The summed E-state index contributed by atoms with van der Waals surface area (Å²) in [5.41, 5.74) is 1.51. The molecule has 11 heteroatoms. The van der Waals surface area contributed by atoms with Crippen molar-refractivity contribution in [2.45, 2.75) is 98.1 Å². The fraction of sp³-hybridized carbons (Fsp3) is 0.432. The first-order valence-corrected chi connectivity index (χ1v) is 19.4. The number of alkyl carbamates (subject to hydrolysis) is 1. The minimum absolute atomic E-state index is 0.0485. The predicted molar refractivity (Wildman–Crippen MR) is 192 cm³/mol. The van der Waals surface area contributed by atoms with Crippen LogP contribution in [-0.2, 0) is 32.2 Å². The molecule has 0 saturated carbocycles. The Hall–Kier alpha value is -4.02. The van der Waals surface area contributed by atoms with E-state index in [0.29, 0.717) is 22.2 Å². The topological polar surface area (TPSA) is 103 Å². The fourth-order valence-electron chi connectivity index (χ4n) is 4.31. The molecule has 0 saturated heterocycles. The highest BCUT2D eigenvalue weighted by Gasteiger charge is 2.39. The number of hydrogen-bond donors (Lipinski definition) is 1. The zero-order valence-corrected chi connectivity index (χ0v) is 31.3. The lowest BCUT2D eigenvalue weighted by Crippen LogP contribution is -2.43. The zero-order chi connectivity index (χ0) is 35.7. The second-order valence-electron chi connectivity index (χ2n) is 14.0. The molecular weight excluding hydrogens is 648 g/mol. The number of carbonyl (C=O) groups excluding carboxylic acids is 3. The van der Waals surface area contributed by atoms with Gasteiger partial charge in [0.15, 0.2) is 5.75 Å². The van der Waals surface area contributed by atoms with Gasteiger partial charge in [-0.3, -0.25) is 9.59 Å². The van der Waals surface area contributed by atoms with Gasteiger partial charge < -0.3 is 28.9 Å². The van der Waals surface area contributed by atoms with Gasteiger partial charge in [0.05, 0.1) is 25.3 Å². The molecule has 3 aromatic rings. The third kappa shape index (κ3) is 11.9. The van der Waals surface area contributed by atoms with Gasteiger partial charge in [0.25, 0.3) is 0 Å². The minimum Gasteiger partial charge on any atom is -0.544 e. The van der Waals surface area contributed by atoms with Crippen LogP contribution < -0.4 is 19.4 Å². The summed E-state index contributed by atoms with van der Waals surface area (Å²) in [6.45, 7) is 18.8.